The van der Waals surface area contributed by atoms with Gasteiger partial charge >= 0.3 is 38.8 Å². The normalized spacial score (nSPS) is 7.50. The summed E-state index contributed by atoms with van der Waals surface area (Å²) < 4.78 is 22.1. The Balaban J connectivity index is 0. The van der Waals surface area contributed by atoms with E-state index in [0.717, 1.165) is 0 Å². The Labute approximate surface area is 54.2 Å². The van der Waals surface area contributed by atoms with Crippen LogP contribution in [0.4, 0.5) is 4.79 Å². The SMILES string of the molecule is O=C(O)O.[OH][Bi]([OH])[OH]. The first kappa shape index (κ1) is 10.9. The number of carbonyl (C=O) groups is 1. The van der Waals surface area contributed by atoms with Gasteiger partial charge in [-0.1, -0.05) is 0 Å². The van der Waals surface area contributed by atoms with Crippen LogP contribution in [0.1, 0.15) is 0 Å². The quantitative estimate of drug-likeness (QED) is 0.335. The molecule has 0 aliphatic heterocycles. The van der Waals surface area contributed by atoms with Crippen LogP contribution in [-0.4, -0.2) is 49.0 Å². The van der Waals surface area contributed by atoms with Crippen LogP contribution in [-0.2, 0) is 0 Å². The Bertz CT molecular complexity index is 52.8. The fourth-order valence-electron chi connectivity index (χ4n) is 0. The van der Waals surface area contributed by atoms with Crippen LogP contribution < -0.4 is 0 Å². The minimum atomic E-state index is -3.59. The van der Waals surface area contributed by atoms with Gasteiger partial charge < -0.3 is 10.2 Å². The van der Waals surface area contributed by atoms with E-state index in [4.69, 9.17) is 24.6 Å². The topological polar surface area (TPSA) is 118 Å². The summed E-state index contributed by atoms with van der Waals surface area (Å²) >= 11 is -3.59. The molecule has 0 aliphatic rings. The van der Waals surface area contributed by atoms with Gasteiger partial charge in [0.05, 0.1) is 0 Å². The zero-order valence-electron chi connectivity index (χ0n) is 3.59. The van der Waals surface area contributed by atoms with Gasteiger partial charge in [-0.3, -0.25) is 0 Å². The fourth-order valence-corrected chi connectivity index (χ4v) is 0. The van der Waals surface area contributed by atoms with Crippen molar-refractivity contribution < 1.29 is 24.6 Å². The van der Waals surface area contributed by atoms with E-state index in [1.165, 1.54) is 0 Å². The molecule has 0 bridgehead atoms. The summed E-state index contributed by atoms with van der Waals surface area (Å²) in [6.07, 6.45) is -1.83. The van der Waals surface area contributed by atoms with Crippen molar-refractivity contribution in [2.45, 2.75) is 0 Å². The minimum absolute atomic E-state index is 1.83. The molecule has 5 N–H and O–H groups in total. The van der Waals surface area contributed by atoms with Crippen molar-refractivity contribution in [3.63, 3.8) is 0 Å². The molecule has 0 aromatic rings. The second-order valence-electron chi connectivity index (χ2n) is 0.551. The summed E-state index contributed by atoms with van der Waals surface area (Å²) in [4.78, 5) is 8.56. The van der Waals surface area contributed by atoms with Gasteiger partial charge in [-0.15, -0.1) is 0 Å². The van der Waals surface area contributed by atoms with Crippen LogP contribution >= 0.6 is 0 Å². The van der Waals surface area contributed by atoms with Gasteiger partial charge in [0.2, 0.25) is 0 Å². The van der Waals surface area contributed by atoms with Gasteiger partial charge in [-0.25, -0.2) is 4.79 Å². The van der Waals surface area contributed by atoms with E-state index in [2.05, 4.69) is 0 Å². The maximum atomic E-state index is 8.56. The first-order valence-corrected chi connectivity index (χ1v) is 5.92. The number of hydrogen-bond acceptors (Lipinski definition) is 4. The van der Waals surface area contributed by atoms with E-state index in [1.54, 1.807) is 0 Å². The second-order valence-corrected chi connectivity index (χ2v) is 2.64. The molecule has 8 heavy (non-hydrogen) atoms. The molecular formula is CH5BiO6. The zero-order valence-corrected chi connectivity index (χ0v) is 7.07. The molecule has 6 nitrogen and oxygen atoms in total. The van der Waals surface area contributed by atoms with Crippen LogP contribution in [0.25, 0.3) is 0 Å². The third kappa shape index (κ3) is 139000. The number of rotatable bonds is 0. The van der Waals surface area contributed by atoms with Crippen molar-refractivity contribution in [3.05, 3.63) is 0 Å². The van der Waals surface area contributed by atoms with E-state index in [-0.39, 0.29) is 0 Å². The van der Waals surface area contributed by atoms with Gasteiger partial charge in [0, 0.05) is 0 Å². The Hall–Kier alpha value is 0.0331. The molecule has 7 heteroatoms. The van der Waals surface area contributed by atoms with Gasteiger partial charge in [0.1, 0.15) is 0 Å². The van der Waals surface area contributed by atoms with Crippen molar-refractivity contribution in [2.75, 3.05) is 0 Å². The van der Waals surface area contributed by atoms with Gasteiger partial charge in [-0.2, -0.15) is 0 Å². The van der Waals surface area contributed by atoms with Crippen LogP contribution in [0.3, 0.4) is 0 Å². The molecule has 0 aromatic heterocycles. The molecule has 0 spiro atoms. The zero-order chi connectivity index (χ0) is 7.15. The number of carboxylic acid groups (broad SMARTS) is 2. The molecule has 0 unspecified atom stereocenters. The van der Waals surface area contributed by atoms with Crippen LogP contribution in [0.2, 0.25) is 0 Å². The van der Waals surface area contributed by atoms with Crippen molar-refractivity contribution in [1.29, 1.82) is 0 Å². The van der Waals surface area contributed by atoms with E-state index < -0.39 is 29.2 Å². The standard InChI is InChI=1S/CH2O3.Bi.3H2O/c2-1(3)4;;;;/h(H2,2,3,4);;3*1H2/q;+3;;;/p-3. The van der Waals surface area contributed by atoms with E-state index >= 15 is 0 Å². The van der Waals surface area contributed by atoms with Gasteiger partial charge in [-0.05, 0) is 0 Å². The summed E-state index contributed by atoms with van der Waals surface area (Å²) in [5.41, 5.74) is 0. The molecule has 0 aromatic carbocycles. The summed E-state index contributed by atoms with van der Waals surface area (Å²) in [5.74, 6) is 0. The molecule has 0 heterocycles. The molecule has 0 atom stereocenters. The molecule has 0 fully saturated rings. The molecular weight excluding hydrogens is 317 g/mol. The van der Waals surface area contributed by atoms with E-state index in [9.17, 15) is 0 Å². The average molecular weight is 322 g/mol. The van der Waals surface area contributed by atoms with Crippen LogP contribution in [0.15, 0.2) is 0 Å². The van der Waals surface area contributed by atoms with E-state index in [0.29, 0.717) is 0 Å². The Morgan fingerprint density at radius 1 is 1.12 bits per heavy atom. The Morgan fingerprint density at radius 2 is 1.12 bits per heavy atom. The molecule has 0 aliphatic carbocycles. The first-order chi connectivity index (χ1) is 3.46. The Kier molecular flexibility index (Phi) is 9.60. The Morgan fingerprint density at radius 3 is 1.12 bits per heavy atom. The molecule has 50 valence electrons. The van der Waals surface area contributed by atoms with Crippen molar-refractivity contribution in [3.8, 4) is 0 Å². The fraction of sp³-hybridized carbons (Fsp3) is 0. The monoisotopic (exact) mass is 322 g/mol. The van der Waals surface area contributed by atoms with Crippen molar-refractivity contribution in [2.24, 2.45) is 0 Å². The predicted molar refractivity (Wildman–Crippen MR) is 23.1 cm³/mol. The molecule has 0 radical (unpaired) electrons. The van der Waals surface area contributed by atoms with Crippen molar-refractivity contribution >= 4 is 29.2 Å². The van der Waals surface area contributed by atoms with E-state index in [1.807, 2.05) is 0 Å². The first-order valence-electron chi connectivity index (χ1n) is 1.25. The summed E-state index contributed by atoms with van der Waals surface area (Å²) in [6.45, 7) is 0. The molecule has 0 amide bonds. The molecule has 0 saturated carbocycles. The van der Waals surface area contributed by atoms with Crippen molar-refractivity contribution in [1.82, 2.24) is 0 Å². The third-order valence-electron chi connectivity index (χ3n) is 0. The van der Waals surface area contributed by atoms with Crippen LogP contribution in [0, 0.1) is 0 Å². The number of hydrogen-bond donors (Lipinski definition) is 5. The molecule has 0 saturated heterocycles. The maximum absolute atomic E-state index is 8.56. The summed E-state index contributed by atoms with van der Waals surface area (Å²) in [5, 5.41) is 13.9. The second kappa shape index (κ2) is 7.03. The van der Waals surface area contributed by atoms with Gasteiger partial charge in [0.15, 0.2) is 0 Å². The summed E-state index contributed by atoms with van der Waals surface area (Å²) in [7, 11) is 0. The summed E-state index contributed by atoms with van der Waals surface area (Å²) in [6, 6.07) is 0. The van der Waals surface area contributed by atoms with Crippen LogP contribution in [0.5, 0.6) is 0 Å². The predicted octanol–water partition coefficient (Wildman–Crippen LogP) is -1.83. The average Bonchev–Trinajstić information content (AvgIpc) is 1.25. The molecule has 0 rings (SSSR count). The third-order valence-corrected chi connectivity index (χ3v) is 0. The van der Waals surface area contributed by atoms with Gasteiger partial charge in [0.25, 0.3) is 0 Å².